The number of fused-ring (bicyclic) bond motifs is 2. The molecule has 0 radical (unpaired) electrons. The zero-order chi connectivity index (χ0) is 25.0. The topological polar surface area (TPSA) is 98.2 Å². The minimum absolute atomic E-state index is 0.301. The monoisotopic (exact) mass is 479 g/mol. The van der Waals surface area contributed by atoms with E-state index < -0.39 is 35.7 Å². The molecule has 0 bridgehead atoms. The van der Waals surface area contributed by atoms with Crippen LogP contribution in [0.15, 0.2) is 84.9 Å². The Morgan fingerprint density at radius 3 is 1.42 bits per heavy atom. The Hall–Kier alpha value is -4.40. The Morgan fingerprint density at radius 1 is 0.583 bits per heavy atom. The SMILES string of the molecule is O=C1C[C@@H](N(O)[C@@H]2CC(=O)N(c3cccc4ccccc34)C2=O)C(=O)N1c1cccc2ccccc12. The molecule has 36 heavy (non-hydrogen) atoms. The highest BCUT2D eigenvalue weighted by Gasteiger charge is 2.51. The van der Waals surface area contributed by atoms with E-state index in [1.807, 2.05) is 60.7 Å². The van der Waals surface area contributed by atoms with Crippen molar-refractivity contribution in [2.45, 2.75) is 24.9 Å². The van der Waals surface area contributed by atoms with E-state index in [1.54, 1.807) is 24.3 Å². The average molecular weight is 479 g/mol. The van der Waals surface area contributed by atoms with Crippen molar-refractivity contribution in [3.8, 4) is 0 Å². The summed E-state index contributed by atoms with van der Waals surface area (Å²) in [6.45, 7) is 0. The Balaban J connectivity index is 1.30. The summed E-state index contributed by atoms with van der Waals surface area (Å²) < 4.78 is 0. The number of nitrogens with zero attached hydrogens (tertiary/aromatic N) is 3. The van der Waals surface area contributed by atoms with E-state index in [9.17, 15) is 24.4 Å². The normalized spacial score (nSPS) is 20.5. The van der Waals surface area contributed by atoms with Gasteiger partial charge in [-0.15, -0.1) is 0 Å². The van der Waals surface area contributed by atoms with Gasteiger partial charge in [0.05, 0.1) is 24.2 Å². The van der Waals surface area contributed by atoms with Crippen molar-refractivity contribution in [3.63, 3.8) is 0 Å². The predicted octanol–water partition coefficient (Wildman–Crippen LogP) is 3.65. The molecular formula is C28H21N3O5. The Bertz CT molecular complexity index is 1450. The summed E-state index contributed by atoms with van der Waals surface area (Å²) in [6.07, 6.45) is -0.602. The van der Waals surface area contributed by atoms with E-state index in [-0.39, 0.29) is 12.8 Å². The molecule has 0 saturated carbocycles. The van der Waals surface area contributed by atoms with Crippen LogP contribution in [0.1, 0.15) is 12.8 Å². The highest BCUT2D eigenvalue weighted by atomic mass is 16.5. The van der Waals surface area contributed by atoms with Gasteiger partial charge in [0.2, 0.25) is 11.8 Å². The highest BCUT2D eigenvalue weighted by molar-refractivity contribution is 6.27. The van der Waals surface area contributed by atoms with Gasteiger partial charge in [0.1, 0.15) is 12.1 Å². The van der Waals surface area contributed by atoms with Crippen molar-refractivity contribution in [1.29, 1.82) is 0 Å². The van der Waals surface area contributed by atoms with Crippen molar-refractivity contribution in [2.24, 2.45) is 0 Å². The maximum atomic E-state index is 13.4. The fraction of sp³-hybridized carbons (Fsp3) is 0.143. The molecule has 0 aliphatic carbocycles. The van der Waals surface area contributed by atoms with Gasteiger partial charge in [-0.25, -0.2) is 9.80 Å². The standard InChI is InChI=1S/C28H21N3O5/c32-25-15-23(27(34)29(25)21-13-5-9-17-7-1-3-11-19(17)21)31(36)24-16-26(33)30(28(24)35)22-14-6-10-18-8-2-4-12-20(18)22/h1-14,23-24,36H,15-16H2/t23-,24-/m1/s1. The van der Waals surface area contributed by atoms with Crippen molar-refractivity contribution < 1.29 is 24.4 Å². The second-order valence-electron chi connectivity index (χ2n) is 8.95. The Kier molecular flexibility index (Phi) is 5.13. The van der Waals surface area contributed by atoms with Crippen LogP contribution in [-0.2, 0) is 19.2 Å². The number of hydroxylamine groups is 2. The highest BCUT2D eigenvalue weighted by Crippen LogP contribution is 2.35. The molecular weight excluding hydrogens is 458 g/mol. The molecule has 2 heterocycles. The van der Waals surface area contributed by atoms with Crippen LogP contribution in [0.2, 0.25) is 0 Å². The third-order valence-corrected chi connectivity index (χ3v) is 6.90. The molecule has 4 aromatic carbocycles. The fourth-order valence-electron chi connectivity index (χ4n) is 5.18. The minimum atomic E-state index is -1.27. The van der Waals surface area contributed by atoms with Gasteiger partial charge in [-0.3, -0.25) is 19.2 Å². The number of hydrogen-bond acceptors (Lipinski definition) is 6. The Labute approximate surface area is 205 Å². The molecule has 2 aliphatic rings. The maximum absolute atomic E-state index is 13.4. The molecule has 1 N–H and O–H groups in total. The van der Waals surface area contributed by atoms with Crippen LogP contribution in [0.25, 0.3) is 21.5 Å². The lowest BCUT2D eigenvalue weighted by Gasteiger charge is -2.25. The maximum Gasteiger partial charge on any atom is 0.254 e. The Morgan fingerprint density at radius 2 is 0.972 bits per heavy atom. The molecule has 2 fully saturated rings. The third-order valence-electron chi connectivity index (χ3n) is 6.90. The van der Waals surface area contributed by atoms with E-state index in [1.165, 1.54) is 0 Å². The molecule has 2 saturated heterocycles. The second kappa shape index (κ2) is 8.37. The minimum Gasteiger partial charge on any atom is -0.312 e. The van der Waals surface area contributed by atoms with Crippen LogP contribution in [0.5, 0.6) is 0 Å². The molecule has 4 amide bonds. The van der Waals surface area contributed by atoms with Gasteiger partial charge >= 0.3 is 0 Å². The van der Waals surface area contributed by atoms with Gasteiger partial charge in [-0.05, 0) is 22.9 Å². The number of hydrogen-bond donors (Lipinski definition) is 1. The predicted molar refractivity (Wildman–Crippen MR) is 133 cm³/mol. The molecule has 178 valence electrons. The summed E-state index contributed by atoms with van der Waals surface area (Å²) in [4.78, 5) is 54.7. The summed E-state index contributed by atoms with van der Waals surface area (Å²) in [5, 5.41) is 14.8. The summed E-state index contributed by atoms with van der Waals surface area (Å²) in [5.41, 5.74) is 0.843. The molecule has 8 nitrogen and oxygen atoms in total. The summed E-state index contributed by atoms with van der Waals surface area (Å²) in [7, 11) is 0. The molecule has 6 rings (SSSR count). The number of amides is 4. The summed E-state index contributed by atoms with van der Waals surface area (Å²) >= 11 is 0. The lowest BCUT2D eigenvalue weighted by atomic mass is 10.1. The van der Waals surface area contributed by atoms with E-state index in [0.29, 0.717) is 16.4 Å². The van der Waals surface area contributed by atoms with Crippen LogP contribution in [0.3, 0.4) is 0 Å². The van der Waals surface area contributed by atoms with E-state index in [4.69, 9.17) is 0 Å². The lowest BCUT2D eigenvalue weighted by Crippen LogP contribution is -2.49. The van der Waals surface area contributed by atoms with Crippen molar-refractivity contribution in [2.75, 3.05) is 9.80 Å². The van der Waals surface area contributed by atoms with Gasteiger partial charge in [0.25, 0.3) is 11.8 Å². The van der Waals surface area contributed by atoms with Gasteiger partial charge < -0.3 is 5.21 Å². The first-order valence-electron chi connectivity index (χ1n) is 11.6. The van der Waals surface area contributed by atoms with Crippen molar-refractivity contribution in [3.05, 3.63) is 84.9 Å². The van der Waals surface area contributed by atoms with Crippen LogP contribution < -0.4 is 9.80 Å². The lowest BCUT2D eigenvalue weighted by molar-refractivity contribution is -0.172. The molecule has 0 aromatic heterocycles. The summed E-state index contributed by atoms with van der Waals surface area (Å²) in [5.74, 6) is -2.24. The number of carbonyl (C=O) groups is 4. The molecule has 8 heteroatoms. The van der Waals surface area contributed by atoms with E-state index in [2.05, 4.69) is 0 Å². The number of rotatable bonds is 4. The van der Waals surface area contributed by atoms with Crippen molar-refractivity contribution in [1.82, 2.24) is 5.06 Å². The fourth-order valence-corrected chi connectivity index (χ4v) is 5.18. The smallest absolute Gasteiger partial charge is 0.254 e. The quantitative estimate of drug-likeness (QED) is 0.355. The van der Waals surface area contributed by atoms with Gasteiger partial charge in [0.15, 0.2) is 0 Å². The largest absolute Gasteiger partial charge is 0.312 e. The first-order valence-corrected chi connectivity index (χ1v) is 11.6. The number of imide groups is 2. The zero-order valence-electron chi connectivity index (χ0n) is 19.1. The van der Waals surface area contributed by atoms with Crippen LogP contribution >= 0.6 is 0 Å². The molecule has 0 unspecified atom stereocenters. The van der Waals surface area contributed by atoms with E-state index in [0.717, 1.165) is 31.3 Å². The van der Waals surface area contributed by atoms with Gasteiger partial charge in [0, 0.05) is 10.8 Å². The number of anilines is 2. The number of carbonyl (C=O) groups excluding carboxylic acids is 4. The van der Waals surface area contributed by atoms with E-state index >= 15 is 0 Å². The second-order valence-corrected chi connectivity index (χ2v) is 8.95. The first-order chi connectivity index (χ1) is 17.5. The van der Waals surface area contributed by atoms with Gasteiger partial charge in [-0.2, -0.15) is 5.06 Å². The third kappa shape index (κ3) is 3.30. The van der Waals surface area contributed by atoms with Crippen LogP contribution in [0, 0.1) is 0 Å². The average Bonchev–Trinajstić information content (AvgIpc) is 3.36. The molecule has 4 aromatic rings. The summed E-state index contributed by atoms with van der Waals surface area (Å²) in [6, 6.07) is 22.8. The number of benzene rings is 4. The molecule has 2 atom stereocenters. The molecule has 0 spiro atoms. The van der Waals surface area contributed by atoms with Crippen LogP contribution in [0.4, 0.5) is 11.4 Å². The molecule has 2 aliphatic heterocycles. The first kappa shape index (κ1) is 22.1. The zero-order valence-corrected chi connectivity index (χ0v) is 19.1. The van der Waals surface area contributed by atoms with Crippen LogP contribution in [-0.4, -0.2) is 46.0 Å². The van der Waals surface area contributed by atoms with Crippen molar-refractivity contribution >= 4 is 56.5 Å². The van der Waals surface area contributed by atoms with Gasteiger partial charge in [-0.1, -0.05) is 72.8 Å².